The highest BCUT2D eigenvalue weighted by Crippen LogP contribution is 2.27. The molecule has 3 aromatic carbocycles. The lowest BCUT2D eigenvalue weighted by Crippen LogP contribution is -2.11. The van der Waals surface area contributed by atoms with E-state index in [1.807, 2.05) is 19.1 Å². The number of rotatable bonds is 19. The zero-order valence-corrected chi connectivity index (χ0v) is 26.2. The van der Waals surface area contributed by atoms with E-state index < -0.39 is 23.9 Å². The number of aryl methyl sites for hydroxylation is 2. The number of esters is 4. The van der Waals surface area contributed by atoms with Gasteiger partial charge >= 0.3 is 23.9 Å². The highest BCUT2D eigenvalue weighted by atomic mass is 16.5. The van der Waals surface area contributed by atoms with Crippen LogP contribution in [0.1, 0.15) is 70.9 Å². The quantitative estimate of drug-likeness (QED) is 0.0598. The molecule has 0 N–H and O–H groups in total. The Balaban J connectivity index is 1.45. The Bertz CT molecular complexity index is 1470. The van der Waals surface area contributed by atoms with Crippen LogP contribution in [0.25, 0.3) is 0 Å². The number of hydrogen-bond donors (Lipinski definition) is 0. The van der Waals surface area contributed by atoms with E-state index >= 15 is 0 Å². The molecule has 0 aliphatic heterocycles. The van der Waals surface area contributed by atoms with Crippen LogP contribution in [0.15, 0.2) is 92.0 Å². The summed E-state index contributed by atoms with van der Waals surface area (Å²) in [4.78, 5) is 47.7. The van der Waals surface area contributed by atoms with Crippen LogP contribution >= 0.6 is 0 Å². The molecule has 0 aromatic heterocycles. The number of hydrogen-bond acceptors (Lipinski definition) is 9. The number of unbranched alkanes of at least 4 members (excludes halogenated alkanes) is 3. The summed E-state index contributed by atoms with van der Waals surface area (Å²) in [6.07, 6.45) is 7.68. The van der Waals surface area contributed by atoms with Crippen molar-refractivity contribution in [1.29, 1.82) is 0 Å². The minimum absolute atomic E-state index is 0.304. The zero-order chi connectivity index (χ0) is 33.1. The third-order valence-electron chi connectivity index (χ3n) is 6.84. The first-order chi connectivity index (χ1) is 22.3. The normalized spacial score (nSPS) is 10.4. The second-order valence-electron chi connectivity index (χ2n) is 10.2. The van der Waals surface area contributed by atoms with Crippen molar-refractivity contribution in [3.05, 3.63) is 114 Å². The maximum atomic E-state index is 12.8. The van der Waals surface area contributed by atoms with Gasteiger partial charge in [-0.05, 0) is 111 Å². The summed E-state index contributed by atoms with van der Waals surface area (Å²) in [6.45, 7) is 9.76. The first kappa shape index (κ1) is 35.3. The van der Waals surface area contributed by atoms with E-state index in [-0.39, 0.29) is 0 Å². The molecule has 0 aliphatic carbocycles. The molecule has 0 unspecified atom stereocenters. The molecule has 0 aliphatic rings. The van der Waals surface area contributed by atoms with E-state index in [9.17, 15) is 19.2 Å². The number of ether oxygens (including phenoxy) is 5. The Morgan fingerprint density at radius 3 is 1.78 bits per heavy atom. The first-order valence-electron chi connectivity index (χ1n) is 15.3. The zero-order valence-electron chi connectivity index (χ0n) is 26.2. The first-order valence-corrected chi connectivity index (χ1v) is 15.3. The highest BCUT2D eigenvalue weighted by molar-refractivity contribution is 5.92. The molecular formula is C37H40O9. The molecule has 0 amide bonds. The van der Waals surface area contributed by atoms with E-state index in [2.05, 4.69) is 13.2 Å². The lowest BCUT2D eigenvalue weighted by Gasteiger charge is -2.12. The lowest BCUT2D eigenvalue weighted by molar-refractivity contribution is -0.138. The summed E-state index contributed by atoms with van der Waals surface area (Å²) in [5.74, 6) is -0.522. The average Bonchev–Trinajstić information content (AvgIpc) is 3.08. The van der Waals surface area contributed by atoms with Crippen LogP contribution in [0.3, 0.4) is 0 Å². The van der Waals surface area contributed by atoms with Gasteiger partial charge in [0.2, 0.25) is 0 Å². The minimum atomic E-state index is -0.522. The van der Waals surface area contributed by atoms with Crippen LogP contribution in [-0.4, -0.2) is 43.7 Å². The van der Waals surface area contributed by atoms with Crippen LogP contribution < -0.4 is 14.2 Å². The third-order valence-corrected chi connectivity index (χ3v) is 6.84. The average molecular weight is 629 g/mol. The molecular weight excluding hydrogens is 588 g/mol. The van der Waals surface area contributed by atoms with Crippen LogP contribution in [0.5, 0.6) is 17.2 Å². The van der Waals surface area contributed by atoms with Gasteiger partial charge in [-0.2, -0.15) is 0 Å². The number of benzene rings is 3. The van der Waals surface area contributed by atoms with E-state index in [1.165, 1.54) is 0 Å². The fraction of sp³-hybridized carbons (Fsp3) is 0.297. The van der Waals surface area contributed by atoms with E-state index in [0.29, 0.717) is 73.0 Å². The monoisotopic (exact) mass is 628 g/mol. The van der Waals surface area contributed by atoms with Crippen LogP contribution in [-0.2, 0) is 31.9 Å². The molecule has 0 spiro atoms. The van der Waals surface area contributed by atoms with Gasteiger partial charge in [0.05, 0.1) is 30.9 Å². The molecule has 0 bridgehead atoms. The Morgan fingerprint density at radius 1 is 0.630 bits per heavy atom. The molecule has 9 nitrogen and oxygen atoms in total. The summed E-state index contributed by atoms with van der Waals surface area (Å²) < 4.78 is 26.8. The second-order valence-corrected chi connectivity index (χ2v) is 10.2. The van der Waals surface area contributed by atoms with Crippen molar-refractivity contribution in [2.45, 2.75) is 51.9 Å². The van der Waals surface area contributed by atoms with Crippen LogP contribution in [0.4, 0.5) is 0 Å². The molecule has 0 radical (unpaired) electrons. The maximum absolute atomic E-state index is 12.8. The summed E-state index contributed by atoms with van der Waals surface area (Å²) in [5, 5.41) is 0. The Morgan fingerprint density at radius 2 is 1.17 bits per heavy atom. The van der Waals surface area contributed by atoms with Crippen molar-refractivity contribution in [2.75, 3.05) is 19.8 Å². The van der Waals surface area contributed by atoms with Gasteiger partial charge in [0.25, 0.3) is 0 Å². The van der Waals surface area contributed by atoms with Crippen LogP contribution in [0, 0.1) is 0 Å². The minimum Gasteiger partial charge on any atom is -0.494 e. The number of carbonyl (C=O) groups is 4. The summed E-state index contributed by atoms with van der Waals surface area (Å²) in [5.41, 5.74) is 2.60. The van der Waals surface area contributed by atoms with Crippen molar-refractivity contribution in [3.8, 4) is 17.2 Å². The van der Waals surface area contributed by atoms with Gasteiger partial charge in [0, 0.05) is 12.2 Å². The van der Waals surface area contributed by atoms with Crippen molar-refractivity contribution in [1.82, 2.24) is 0 Å². The smallest absolute Gasteiger partial charge is 0.343 e. The van der Waals surface area contributed by atoms with E-state index in [4.69, 9.17) is 23.7 Å². The van der Waals surface area contributed by atoms with E-state index in [1.54, 1.807) is 54.6 Å². The van der Waals surface area contributed by atoms with Crippen molar-refractivity contribution in [3.63, 3.8) is 0 Å². The predicted octanol–water partition coefficient (Wildman–Crippen LogP) is 7.02. The summed E-state index contributed by atoms with van der Waals surface area (Å²) >= 11 is 0. The van der Waals surface area contributed by atoms with Crippen LogP contribution in [0.2, 0.25) is 0 Å². The van der Waals surface area contributed by atoms with E-state index in [0.717, 1.165) is 43.4 Å². The molecule has 3 aromatic rings. The van der Waals surface area contributed by atoms with Crippen molar-refractivity contribution >= 4 is 23.9 Å². The summed E-state index contributed by atoms with van der Waals surface area (Å²) in [7, 11) is 0. The maximum Gasteiger partial charge on any atom is 0.343 e. The van der Waals surface area contributed by atoms with Gasteiger partial charge in [-0.15, -0.1) is 0 Å². The SMILES string of the molecule is C=CC(=O)OCCCCCc1ccc(C(=O)Oc2ccc(OC(=O)c3ccc(OCCCCOC(=O)C=C)cc3)c(CC)c2)cc1. The molecule has 9 heteroatoms. The molecule has 0 saturated heterocycles. The molecule has 0 atom stereocenters. The third kappa shape index (κ3) is 12.1. The Hall–Kier alpha value is -5.18. The van der Waals surface area contributed by atoms with Crippen molar-refractivity contribution < 1.29 is 42.9 Å². The fourth-order valence-electron chi connectivity index (χ4n) is 4.28. The standard InChI is InChI=1S/C37H40O9/c1-4-28-26-32(45-36(40)29-15-13-27(14-16-29)12-8-7-9-24-43-34(38)5-2)21-22-33(28)46-37(41)30-17-19-31(20-18-30)42-23-10-11-25-44-35(39)6-3/h5-6,13-22,26H,2-4,7-12,23-25H2,1H3. The van der Waals surface area contributed by atoms with Crippen molar-refractivity contribution in [2.24, 2.45) is 0 Å². The topological polar surface area (TPSA) is 114 Å². The van der Waals surface area contributed by atoms with Gasteiger partial charge in [-0.3, -0.25) is 0 Å². The molecule has 242 valence electrons. The Kier molecular flexibility index (Phi) is 14.8. The van der Waals surface area contributed by atoms with Gasteiger partial charge in [0.1, 0.15) is 17.2 Å². The highest BCUT2D eigenvalue weighted by Gasteiger charge is 2.15. The molecule has 0 fully saturated rings. The van der Waals surface area contributed by atoms with Gasteiger partial charge in [-0.25, -0.2) is 19.2 Å². The molecule has 3 rings (SSSR count). The molecule has 0 saturated carbocycles. The van der Waals surface area contributed by atoms with Gasteiger partial charge in [0.15, 0.2) is 0 Å². The summed E-state index contributed by atoms with van der Waals surface area (Å²) in [6, 6.07) is 18.8. The van der Waals surface area contributed by atoms with Gasteiger partial charge < -0.3 is 23.7 Å². The Labute approximate surface area is 269 Å². The van der Waals surface area contributed by atoms with Gasteiger partial charge in [-0.1, -0.05) is 32.2 Å². The molecule has 46 heavy (non-hydrogen) atoms. The lowest BCUT2D eigenvalue weighted by atomic mass is 10.1. The fourth-order valence-corrected chi connectivity index (χ4v) is 4.28. The molecule has 0 heterocycles. The largest absolute Gasteiger partial charge is 0.494 e. The predicted molar refractivity (Wildman–Crippen MR) is 173 cm³/mol. The number of carbonyl (C=O) groups excluding carboxylic acids is 4. The second kappa shape index (κ2) is 19.3.